The third kappa shape index (κ3) is 20.6. The van der Waals surface area contributed by atoms with Crippen molar-refractivity contribution in [3.8, 4) is 11.5 Å². The van der Waals surface area contributed by atoms with E-state index in [9.17, 15) is 18.6 Å². The summed E-state index contributed by atoms with van der Waals surface area (Å²) in [5.74, 6) is 0.823. The zero-order valence-corrected chi connectivity index (χ0v) is 54.3. The fourth-order valence-electron chi connectivity index (χ4n) is 12.9. The Morgan fingerprint density at radius 3 is 1.62 bits per heavy atom. The molecule has 15 heteroatoms. The summed E-state index contributed by atoms with van der Waals surface area (Å²) in [5.41, 5.74) is 6.18. The molecule has 1 aliphatic heterocycles. The van der Waals surface area contributed by atoms with Crippen molar-refractivity contribution in [3.05, 3.63) is 113 Å². The van der Waals surface area contributed by atoms with Crippen LogP contribution in [0.5, 0.6) is 11.5 Å². The lowest BCUT2D eigenvalue weighted by Gasteiger charge is -2.41. The summed E-state index contributed by atoms with van der Waals surface area (Å²) in [6.07, 6.45) is 15.4. The first-order valence-corrected chi connectivity index (χ1v) is 34.3. The number of hydrogen-bond acceptors (Lipinski definition) is 14. The van der Waals surface area contributed by atoms with E-state index >= 15 is 0 Å². The molecule has 1 aliphatic carbocycles. The van der Waals surface area contributed by atoms with Crippen LogP contribution >= 0.6 is 0 Å². The highest BCUT2D eigenvalue weighted by molar-refractivity contribution is 7.91. The molecule has 4 N–H and O–H groups in total. The molecule has 0 aromatic heterocycles. The number of sulfone groups is 1. The molecule has 6 rings (SSSR count). The van der Waals surface area contributed by atoms with Gasteiger partial charge >= 0.3 is 0 Å². The van der Waals surface area contributed by atoms with E-state index < -0.39 is 33.4 Å². The third-order valence-corrected chi connectivity index (χ3v) is 19.7. The minimum Gasteiger partial charge on any atom is -0.491 e. The number of aliphatic hydroxyl groups excluding tert-OH is 2. The van der Waals surface area contributed by atoms with E-state index in [-0.39, 0.29) is 17.1 Å². The van der Waals surface area contributed by atoms with E-state index in [0.717, 1.165) is 145 Å². The molecule has 0 saturated carbocycles. The Hall–Kier alpha value is -4.29. The second kappa shape index (κ2) is 36.9. The normalized spacial score (nSPS) is 18.7. The number of aryl methyl sites for hydroxylation is 1. The lowest BCUT2D eigenvalue weighted by molar-refractivity contribution is -0.00637. The molecule has 0 bridgehead atoms. The van der Waals surface area contributed by atoms with Gasteiger partial charge in [0.15, 0.2) is 9.84 Å². The number of rotatable bonds is 42. The van der Waals surface area contributed by atoms with E-state index in [1.165, 1.54) is 16.7 Å². The number of nitrogens with one attached hydrogen (secondary N) is 2. The summed E-state index contributed by atoms with van der Waals surface area (Å²) >= 11 is 0. The van der Waals surface area contributed by atoms with Crippen molar-refractivity contribution in [2.45, 2.75) is 166 Å². The molecule has 1 heterocycles. The van der Waals surface area contributed by atoms with Crippen molar-refractivity contribution < 1.29 is 47.1 Å². The van der Waals surface area contributed by atoms with Crippen molar-refractivity contribution in [2.75, 3.05) is 136 Å². The largest absolute Gasteiger partial charge is 0.491 e. The molecule has 0 amide bonds. The third-order valence-electron chi connectivity index (χ3n) is 17.7. The fourth-order valence-corrected chi connectivity index (χ4v) is 15.1. The fraction of sp³-hybridized carbons (Fsp3) is 0.657. The number of nitrogens with zero attached hydrogens (tertiary/aromatic N) is 2. The topological polar surface area (TPSA) is 161 Å². The second-order valence-electron chi connectivity index (χ2n) is 24.5. The van der Waals surface area contributed by atoms with Gasteiger partial charge in [-0.15, -0.1) is 0 Å². The van der Waals surface area contributed by atoms with Gasteiger partial charge in [0.2, 0.25) is 0 Å². The molecule has 85 heavy (non-hydrogen) atoms. The van der Waals surface area contributed by atoms with E-state index in [2.05, 4.69) is 99.8 Å². The van der Waals surface area contributed by atoms with Gasteiger partial charge in [-0.25, -0.2) is 8.42 Å². The SMILES string of the molecule is CCCCC1(CCCC)CCc2cc(OCCOCCOCCNCCCCCNCCOCCOCCOc3cccc([C@H]4c5cc(N(C)C)ccc5S(=O)(=O)CC(CCCC)(CCCC)[C@H]4O)c3)c(N(C)C)cc2[C@H](c2ccccc2)[C@@H]1O. The van der Waals surface area contributed by atoms with Crippen LogP contribution in [0, 0.1) is 10.8 Å². The molecule has 2 aliphatic rings. The van der Waals surface area contributed by atoms with Gasteiger partial charge in [0.05, 0.1) is 81.4 Å². The summed E-state index contributed by atoms with van der Waals surface area (Å²) in [6.45, 7) is 17.2. The predicted octanol–water partition coefficient (Wildman–Crippen LogP) is 12.1. The van der Waals surface area contributed by atoms with Gasteiger partial charge in [0, 0.05) is 64.2 Å². The van der Waals surface area contributed by atoms with Crippen LogP contribution in [0.2, 0.25) is 0 Å². The quantitative estimate of drug-likeness (QED) is 0.0245. The molecular weight excluding hydrogens is 1090 g/mol. The monoisotopic (exact) mass is 1200 g/mol. The Balaban J connectivity index is 0.792. The number of hydrogen-bond donors (Lipinski definition) is 4. The lowest BCUT2D eigenvalue weighted by Crippen LogP contribution is -2.43. The average Bonchev–Trinajstić information content (AvgIpc) is 2.15. The maximum absolute atomic E-state index is 14.2. The molecule has 4 atom stereocenters. The summed E-state index contributed by atoms with van der Waals surface area (Å²) in [7, 11) is 4.33. The maximum Gasteiger partial charge on any atom is 0.179 e. The number of aliphatic hydroxyl groups is 2. The second-order valence-corrected chi connectivity index (χ2v) is 26.4. The molecule has 0 radical (unpaired) electrons. The minimum atomic E-state index is -3.68. The van der Waals surface area contributed by atoms with Crippen molar-refractivity contribution in [1.29, 1.82) is 0 Å². The summed E-state index contributed by atoms with van der Waals surface area (Å²) < 4.78 is 64.5. The molecule has 0 fully saturated rings. The molecule has 14 nitrogen and oxygen atoms in total. The van der Waals surface area contributed by atoms with Gasteiger partial charge in [0.25, 0.3) is 0 Å². The number of ether oxygens (including phenoxy) is 6. The molecule has 0 unspecified atom stereocenters. The zero-order valence-electron chi connectivity index (χ0n) is 53.5. The van der Waals surface area contributed by atoms with Crippen molar-refractivity contribution >= 4 is 21.2 Å². The van der Waals surface area contributed by atoms with Gasteiger partial charge in [-0.2, -0.15) is 0 Å². The first-order valence-electron chi connectivity index (χ1n) is 32.6. The van der Waals surface area contributed by atoms with Crippen LogP contribution in [0.25, 0.3) is 0 Å². The summed E-state index contributed by atoms with van der Waals surface area (Å²) in [5, 5.41) is 32.0. The highest BCUT2D eigenvalue weighted by Gasteiger charge is 2.50. The first-order chi connectivity index (χ1) is 41.2. The zero-order chi connectivity index (χ0) is 60.9. The van der Waals surface area contributed by atoms with Crippen molar-refractivity contribution in [1.82, 2.24) is 10.6 Å². The van der Waals surface area contributed by atoms with Gasteiger partial charge < -0.3 is 59.1 Å². The van der Waals surface area contributed by atoms with Gasteiger partial charge in [-0.3, -0.25) is 0 Å². The predicted molar refractivity (Wildman–Crippen MR) is 347 cm³/mol. The Kier molecular flexibility index (Phi) is 30.3. The van der Waals surface area contributed by atoms with Crippen LogP contribution in [-0.4, -0.2) is 157 Å². The Bertz CT molecular complexity index is 2600. The molecule has 4 aromatic rings. The molecule has 476 valence electrons. The highest BCUT2D eigenvalue weighted by atomic mass is 32.2. The average molecular weight is 1200 g/mol. The number of anilines is 2. The summed E-state index contributed by atoms with van der Waals surface area (Å²) in [6, 6.07) is 28.5. The smallest absolute Gasteiger partial charge is 0.179 e. The van der Waals surface area contributed by atoms with Crippen LogP contribution < -0.4 is 29.9 Å². The molecular formula is C70H110N4O10S. The van der Waals surface area contributed by atoms with E-state index in [0.29, 0.717) is 95.1 Å². The minimum absolute atomic E-state index is 0.0585. The lowest BCUT2D eigenvalue weighted by atomic mass is 9.66. The highest BCUT2D eigenvalue weighted by Crippen LogP contribution is 2.53. The standard InChI is InChI=1S/C70H110N4O10S/c1-9-13-31-69(32-14-10-2)35-30-56-51-63(62(74(7)8)53-60(56)65(67(69)75)55-24-19-17-20-25-55)84-49-47-82-45-43-80-41-39-72-37-22-18-21-36-71-38-40-79-42-44-81-46-48-83-59-27-23-26-57(50-59)66-61-52-58(73(5)6)28-29-64(61)85(77,78)54-70(68(66)76,33-15-11-3)34-16-12-4/h17,19-20,23-29,50-53,65-68,71-72,75-76H,9-16,18,21-22,30-49,54H2,1-8H3/t65-,66-,67-,68-/m0/s1. The van der Waals surface area contributed by atoms with Crippen molar-refractivity contribution in [2.24, 2.45) is 10.8 Å². The Labute approximate surface area is 513 Å². The number of unbranched alkanes of at least 4 members (excludes halogenated alkanes) is 6. The first kappa shape index (κ1) is 69.8. The number of fused-ring (bicyclic) bond motifs is 2. The summed E-state index contributed by atoms with van der Waals surface area (Å²) in [4.78, 5) is 4.41. The van der Waals surface area contributed by atoms with Crippen LogP contribution in [0.15, 0.2) is 89.8 Å². The molecule has 0 spiro atoms. The van der Waals surface area contributed by atoms with Crippen LogP contribution in [0.4, 0.5) is 11.4 Å². The number of benzene rings is 4. The Morgan fingerprint density at radius 1 is 0.518 bits per heavy atom. The van der Waals surface area contributed by atoms with Crippen molar-refractivity contribution in [3.63, 3.8) is 0 Å². The van der Waals surface area contributed by atoms with Crippen LogP contribution in [0.3, 0.4) is 0 Å². The van der Waals surface area contributed by atoms with Gasteiger partial charge in [-0.1, -0.05) is 128 Å². The maximum atomic E-state index is 14.2. The van der Waals surface area contributed by atoms with Crippen LogP contribution in [-0.2, 0) is 35.2 Å². The molecule has 4 aromatic carbocycles. The molecule has 0 saturated heterocycles. The van der Waals surface area contributed by atoms with E-state index in [1.54, 1.807) is 6.07 Å². The van der Waals surface area contributed by atoms with Gasteiger partial charge in [-0.05, 0) is 140 Å². The Morgan fingerprint density at radius 2 is 1.05 bits per heavy atom. The van der Waals surface area contributed by atoms with Crippen LogP contribution in [0.1, 0.15) is 170 Å². The van der Waals surface area contributed by atoms with Gasteiger partial charge in [0.1, 0.15) is 24.7 Å². The van der Waals surface area contributed by atoms with E-state index in [1.807, 2.05) is 55.4 Å². The van der Waals surface area contributed by atoms with E-state index in [4.69, 9.17) is 28.4 Å².